The van der Waals surface area contributed by atoms with Crippen molar-refractivity contribution < 1.29 is 22.1 Å². The van der Waals surface area contributed by atoms with E-state index in [0.29, 0.717) is 6.54 Å². The molecule has 2 rings (SSSR count). The lowest BCUT2D eigenvalue weighted by Gasteiger charge is -2.14. The lowest BCUT2D eigenvalue weighted by atomic mass is 10.1. The van der Waals surface area contributed by atoms with Crippen LogP contribution in [0.25, 0.3) is 0 Å². The van der Waals surface area contributed by atoms with Crippen LogP contribution in [0.15, 0.2) is 48.5 Å². The summed E-state index contributed by atoms with van der Waals surface area (Å²) in [5, 5.41) is 12.8. The van der Waals surface area contributed by atoms with Gasteiger partial charge in [-0.05, 0) is 17.2 Å². The summed E-state index contributed by atoms with van der Waals surface area (Å²) in [5.41, 5.74) is 1.27. The first-order chi connectivity index (χ1) is 10.8. The van der Waals surface area contributed by atoms with Crippen LogP contribution in [0.5, 0.6) is 5.75 Å². The highest BCUT2D eigenvalue weighted by Gasteiger charge is 2.12. The molecule has 2 N–H and O–H groups in total. The van der Waals surface area contributed by atoms with Crippen LogP contribution in [0, 0.1) is 5.82 Å². The first-order valence-electron chi connectivity index (χ1n) is 6.97. The van der Waals surface area contributed by atoms with Crippen LogP contribution >= 0.6 is 0 Å². The molecule has 2 aromatic carbocycles. The second-order valence-corrected chi connectivity index (χ2v) is 6.70. The fourth-order valence-corrected chi connectivity index (χ4v) is 2.49. The smallest absolute Gasteiger partial charge is 0.306 e. The second-order valence-electron chi connectivity index (χ2n) is 5.13. The molecule has 0 aliphatic carbocycles. The number of rotatable bonds is 7. The predicted octanol–water partition coefficient (Wildman–Crippen LogP) is 1.81. The van der Waals surface area contributed by atoms with Gasteiger partial charge in [0.05, 0.1) is 6.26 Å². The van der Waals surface area contributed by atoms with Gasteiger partial charge in [-0.2, -0.15) is 8.42 Å². The predicted molar refractivity (Wildman–Crippen MR) is 84.9 cm³/mol. The van der Waals surface area contributed by atoms with E-state index in [4.69, 9.17) is 0 Å². The van der Waals surface area contributed by atoms with Gasteiger partial charge < -0.3 is 9.29 Å². The molecule has 0 saturated carbocycles. The lowest BCUT2D eigenvalue weighted by molar-refractivity contribution is 0.134. The van der Waals surface area contributed by atoms with Crippen LogP contribution in [0.1, 0.15) is 11.1 Å². The molecule has 0 bridgehead atoms. The zero-order chi connectivity index (χ0) is 16.9. The van der Waals surface area contributed by atoms with Crippen molar-refractivity contribution in [2.75, 3.05) is 6.26 Å². The molecule has 5 nitrogen and oxygen atoms in total. The van der Waals surface area contributed by atoms with E-state index in [-0.39, 0.29) is 17.7 Å². The van der Waals surface area contributed by atoms with Crippen LogP contribution < -0.4 is 9.50 Å². The topological polar surface area (TPSA) is 75.6 Å². The fraction of sp³-hybridized carbons (Fsp3) is 0.250. The third kappa shape index (κ3) is 5.97. The number of aliphatic hydroxyl groups is 1. The minimum absolute atomic E-state index is 0.0534. The molecule has 0 heterocycles. The lowest BCUT2D eigenvalue weighted by Crippen LogP contribution is -2.30. The van der Waals surface area contributed by atoms with Gasteiger partial charge in [-0.15, -0.1) is 0 Å². The second kappa shape index (κ2) is 7.54. The molecule has 0 aromatic heterocycles. The Hall–Kier alpha value is -1.96. The number of hydrogen-bond acceptors (Lipinski definition) is 5. The molecule has 0 radical (unpaired) electrons. The van der Waals surface area contributed by atoms with Crippen molar-refractivity contribution in [3.8, 4) is 5.75 Å². The highest BCUT2D eigenvalue weighted by Crippen LogP contribution is 2.19. The Kier molecular flexibility index (Phi) is 5.70. The van der Waals surface area contributed by atoms with Gasteiger partial charge >= 0.3 is 10.1 Å². The molecule has 7 heteroatoms. The molecule has 0 fully saturated rings. The number of nitrogens with one attached hydrogen (secondary N) is 1. The highest BCUT2D eigenvalue weighted by molar-refractivity contribution is 7.86. The van der Waals surface area contributed by atoms with Gasteiger partial charge in [0.25, 0.3) is 0 Å². The largest absolute Gasteiger partial charge is 0.382 e. The third-order valence-electron chi connectivity index (χ3n) is 3.07. The average molecular weight is 339 g/mol. The molecule has 0 aliphatic heterocycles. The Morgan fingerprint density at radius 3 is 2.52 bits per heavy atom. The summed E-state index contributed by atoms with van der Waals surface area (Å²) in [6, 6.07) is 13.2. The monoisotopic (exact) mass is 339 g/mol. The number of halogens is 1. The van der Waals surface area contributed by atoms with E-state index in [9.17, 15) is 17.9 Å². The standard InChI is InChI=1S/C16H18FNO4S/c1-23(20,21)22-14-8-7-13(15(17)10-14)9-16(19)18-11-12-5-3-2-4-6-12/h2-8,10,16,18-19H,9,11H2,1H3. The normalized spacial score (nSPS) is 12.8. The fourth-order valence-electron chi connectivity index (χ4n) is 2.03. The van der Waals surface area contributed by atoms with Crippen molar-refractivity contribution in [1.82, 2.24) is 5.32 Å². The highest BCUT2D eigenvalue weighted by atomic mass is 32.2. The van der Waals surface area contributed by atoms with Crippen molar-refractivity contribution in [1.29, 1.82) is 0 Å². The molecule has 0 spiro atoms. The SMILES string of the molecule is CS(=O)(=O)Oc1ccc(CC(O)NCc2ccccc2)c(F)c1. The molecule has 0 amide bonds. The van der Waals surface area contributed by atoms with Gasteiger partial charge in [-0.25, -0.2) is 4.39 Å². The van der Waals surface area contributed by atoms with Crippen molar-refractivity contribution >= 4 is 10.1 Å². The number of aliphatic hydroxyl groups excluding tert-OH is 1. The van der Waals surface area contributed by atoms with E-state index in [2.05, 4.69) is 9.50 Å². The molecular weight excluding hydrogens is 321 g/mol. The Bertz CT molecular complexity index is 750. The van der Waals surface area contributed by atoms with E-state index in [0.717, 1.165) is 17.9 Å². The molecule has 0 aliphatic rings. The summed E-state index contributed by atoms with van der Waals surface area (Å²) in [5.74, 6) is -0.729. The summed E-state index contributed by atoms with van der Waals surface area (Å²) in [7, 11) is -3.70. The van der Waals surface area contributed by atoms with Gasteiger partial charge in [-0.1, -0.05) is 36.4 Å². The van der Waals surface area contributed by atoms with Crippen molar-refractivity contribution in [2.24, 2.45) is 0 Å². The molecule has 0 saturated heterocycles. The Labute approximate surface area is 134 Å². The third-order valence-corrected chi connectivity index (χ3v) is 3.57. The first kappa shape index (κ1) is 17.4. The van der Waals surface area contributed by atoms with Gasteiger partial charge in [0.1, 0.15) is 17.8 Å². The summed E-state index contributed by atoms with van der Waals surface area (Å²) in [6.45, 7) is 0.457. The Morgan fingerprint density at radius 1 is 1.22 bits per heavy atom. The molecule has 2 aromatic rings. The maximum Gasteiger partial charge on any atom is 0.306 e. The summed E-state index contributed by atoms with van der Waals surface area (Å²) in [6.07, 6.45) is 0.0137. The van der Waals surface area contributed by atoms with Gasteiger partial charge in [0.15, 0.2) is 0 Å². The first-order valence-corrected chi connectivity index (χ1v) is 8.78. The van der Waals surface area contributed by atoms with E-state index in [1.807, 2.05) is 30.3 Å². The van der Waals surface area contributed by atoms with Crippen LogP contribution in [-0.2, 0) is 23.1 Å². The zero-order valence-corrected chi connectivity index (χ0v) is 13.4. The molecule has 124 valence electrons. The van der Waals surface area contributed by atoms with Gasteiger partial charge in [-0.3, -0.25) is 5.32 Å². The van der Waals surface area contributed by atoms with E-state index in [1.54, 1.807) is 0 Å². The number of benzene rings is 2. The zero-order valence-electron chi connectivity index (χ0n) is 12.6. The summed E-state index contributed by atoms with van der Waals surface area (Å²) in [4.78, 5) is 0. The minimum atomic E-state index is -3.70. The summed E-state index contributed by atoms with van der Waals surface area (Å²) < 4.78 is 40.5. The van der Waals surface area contributed by atoms with Crippen LogP contribution in [-0.4, -0.2) is 26.0 Å². The summed E-state index contributed by atoms with van der Waals surface area (Å²) >= 11 is 0. The van der Waals surface area contributed by atoms with Crippen LogP contribution in [0.4, 0.5) is 4.39 Å². The van der Waals surface area contributed by atoms with Crippen molar-refractivity contribution in [2.45, 2.75) is 19.2 Å². The van der Waals surface area contributed by atoms with Crippen molar-refractivity contribution in [3.05, 3.63) is 65.5 Å². The average Bonchev–Trinajstić information content (AvgIpc) is 2.47. The number of hydrogen-bond donors (Lipinski definition) is 2. The minimum Gasteiger partial charge on any atom is -0.382 e. The molecule has 23 heavy (non-hydrogen) atoms. The van der Waals surface area contributed by atoms with Crippen LogP contribution in [0.2, 0.25) is 0 Å². The maximum atomic E-state index is 13.9. The van der Waals surface area contributed by atoms with E-state index in [1.165, 1.54) is 12.1 Å². The Morgan fingerprint density at radius 2 is 1.91 bits per heavy atom. The van der Waals surface area contributed by atoms with Crippen molar-refractivity contribution in [3.63, 3.8) is 0 Å². The van der Waals surface area contributed by atoms with E-state index < -0.39 is 22.2 Å². The molecular formula is C16H18FNO4S. The molecule has 1 atom stereocenters. The van der Waals surface area contributed by atoms with Crippen LogP contribution in [0.3, 0.4) is 0 Å². The van der Waals surface area contributed by atoms with Gasteiger partial charge in [0, 0.05) is 19.0 Å². The Balaban J connectivity index is 1.94. The maximum absolute atomic E-state index is 13.9. The molecule has 1 unspecified atom stereocenters. The quantitative estimate of drug-likeness (QED) is 0.594. The van der Waals surface area contributed by atoms with Gasteiger partial charge in [0.2, 0.25) is 0 Å². The van der Waals surface area contributed by atoms with E-state index >= 15 is 0 Å².